The molecule has 1 heterocycles. The normalized spacial score (nSPS) is 13.2. The average molecular weight is 642 g/mol. The molecule has 0 saturated heterocycles. The molecule has 0 aliphatic rings. The van der Waals surface area contributed by atoms with E-state index >= 15 is 0 Å². The van der Waals surface area contributed by atoms with Crippen molar-refractivity contribution in [3.8, 4) is 11.1 Å². The zero-order valence-corrected chi connectivity index (χ0v) is 28.2. The second kappa shape index (κ2) is 14.9. The van der Waals surface area contributed by atoms with Crippen molar-refractivity contribution in [1.82, 2.24) is 14.8 Å². The van der Waals surface area contributed by atoms with Gasteiger partial charge in [-0.3, -0.25) is 4.79 Å². The number of hydrogen-bond donors (Lipinski definition) is 2. The lowest BCUT2D eigenvalue weighted by molar-refractivity contribution is -0.141. The lowest BCUT2D eigenvalue weighted by atomic mass is 9.82. The van der Waals surface area contributed by atoms with Crippen molar-refractivity contribution in [2.45, 2.75) is 78.4 Å². The molecule has 0 spiro atoms. The number of halogens is 2. The third-order valence-electron chi connectivity index (χ3n) is 7.52. The van der Waals surface area contributed by atoms with Crippen molar-refractivity contribution in [1.29, 1.82) is 0 Å². The van der Waals surface area contributed by atoms with E-state index in [1.165, 1.54) is 6.92 Å². The van der Waals surface area contributed by atoms with Crippen LogP contribution in [0, 0.1) is 17.0 Å². The van der Waals surface area contributed by atoms with E-state index in [0.717, 1.165) is 29.8 Å². The molecule has 0 unspecified atom stereocenters. The van der Waals surface area contributed by atoms with E-state index in [9.17, 15) is 28.3 Å². The number of rotatable bonds is 13. The summed E-state index contributed by atoms with van der Waals surface area (Å²) in [5.41, 5.74) is 1.60. The highest BCUT2D eigenvalue weighted by Gasteiger charge is 2.37. The highest BCUT2D eigenvalue weighted by Crippen LogP contribution is 2.41. The van der Waals surface area contributed by atoms with Crippen LogP contribution in [0.2, 0.25) is 25.7 Å². The third-order valence-corrected chi connectivity index (χ3v) is 9.22. The maximum Gasteiger partial charge on any atom is 0.407 e. The van der Waals surface area contributed by atoms with Gasteiger partial charge >= 0.3 is 12.1 Å². The van der Waals surface area contributed by atoms with Crippen molar-refractivity contribution in [3.63, 3.8) is 0 Å². The maximum atomic E-state index is 14.9. The van der Waals surface area contributed by atoms with Gasteiger partial charge in [-0.15, -0.1) is 0 Å². The first-order valence-electron chi connectivity index (χ1n) is 15.1. The number of carboxylic acids is 1. The Morgan fingerprint density at radius 3 is 2.29 bits per heavy atom. The molecule has 0 aliphatic carbocycles. The fourth-order valence-electron chi connectivity index (χ4n) is 5.24. The predicted octanol–water partition coefficient (Wildman–Crippen LogP) is 7.33. The van der Waals surface area contributed by atoms with Gasteiger partial charge < -0.3 is 24.6 Å². The number of alkyl carbamates (subject to hydrolysis) is 1. The van der Waals surface area contributed by atoms with Gasteiger partial charge in [0.15, 0.2) is 0 Å². The van der Waals surface area contributed by atoms with E-state index in [-0.39, 0.29) is 31.0 Å². The molecule has 0 radical (unpaired) electrons. The van der Waals surface area contributed by atoms with Crippen LogP contribution < -0.4 is 5.32 Å². The van der Waals surface area contributed by atoms with Crippen LogP contribution in [-0.2, 0) is 20.9 Å². The van der Waals surface area contributed by atoms with Crippen LogP contribution in [0.5, 0.6) is 0 Å². The van der Waals surface area contributed by atoms with Crippen LogP contribution in [0.4, 0.5) is 13.6 Å². The Kier molecular flexibility index (Phi) is 11.7. The van der Waals surface area contributed by atoms with Gasteiger partial charge in [0.2, 0.25) is 5.91 Å². The number of carboxylic acid groups (broad SMARTS) is 1. The quantitative estimate of drug-likeness (QED) is 0.191. The summed E-state index contributed by atoms with van der Waals surface area (Å²) in [6.07, 6.45) is 0.853. The largest absolute Gasteiger partial charge is 0.480 e. The van der Waals surface area contributed by atoms with Gasteiger partial charge in [-0.1, -0.05) is 70.7 Å². The summed E-state index contributed by atoms with van der Waals surface area (Å²) in [4.78, 5) is 39.4. The van der Waals surface area contributed by atoms with Crippen molar-refractivity contribution < 1.29 is 33.0 Å². The molecule has 0 saturated carbocycles. The third kappa shape index (κ3) is 10.3. The number of aromatic nitrogens is 1. The minimum Gasteiger partial charge on any atom is -0.480 e. The molecule has 0 aliphatic heterocycles. The maximum absolute atomic E-state index is 14.9. The lowest BCUT2D eigenvalue weighted by Crippen LogP contribution is -2.46. The van der Waals surface area contributed by atoms with Crippen LogP contribution in [0.15, 0.2) is 60.8 Å². The molecule has 0 fully saturated rings. The number of hydrogen-bond acceptors (Lipinski definition) is 4. The summed E-state index contributed by atoms with van der Waals surface area (Å²) in [5, 5.41) is 12.3. The first kappa shape index (κ1) is 35.5. The molecule has 8 nitrogen and oxygen atoms in total. The zero-order chi connectivity index (χ0) is 33.5. The summed E-state index contributed by atoms with van der Waals surface area (Å²) in [6.45, 7) is 14.3. The van der Waals surface area contributed by atoms with Crippen LogP contribution in [0.1, 0.15) is 51.4 Å². The second-order valence-electron chi connectivity index (χ2n) is 13.6. The van der Waals surface area contributed by atoms with Gasteiger partial charge in [0.1, 0.15) is 17.7 Å². The standard InChI is InChI=1S/C34H45F2N3O5Si/c1-23(40)39(16-15-29(32(41)42)37-33(43)44-17-18-45(5,6)7)31(34(2,3)4)30-19-25(27-20-26(35)13-14-28(27)36)22-38(30)21-24-11-9-8-10-12-24/h8-14,19-20,22,29,31H,15-18,21H2,1-7H3,(H,37,43)(H,41,42)/t29-,31-/m0/s1. The first-order chi connectivity index (χ1) is 21.0. The van der Waals surface area contributed by atoms with E-state index in [0.29, 0.717) is 17.8 Å². The van der Waals surface area contributed by atoms with E-state index in [4.69, 9.17) is 4.74 Å². The first-order valence-corrected chi connectivity index (χ1v) is 18.8. The molecule has 2 atom stereocenters. The Bertz CT molecular complexity index is 1480. The molecule has 3 aromatic rings. The number of nitrogens with one attached hydrogen (secondary N) is 1. The molecule has 3 rings (SSSR count). The number of benzene rings is 2. The number of carbonyl (C=O) groups is 3. The number of aliphatic carboxylic acids is 1. The zero-order valence-electron chi connectivity index (χ0n) is 27.2. The molecule has 2 aromatic carbocycles. The van der Waals surface area contributed by atoms with Gasteiger partial charge in [0, 0.05) is 51.1 Å². The van der Waals surface area contributed by atoms with E-state index in [1.807, 2.05) is 55.7 Å². The predicted molar refractivity (Wildman–Crippen MR) is 174 cm³/mol. The summed E-state index contributed by atoms with van der Waals surface area (Å²) < 4.78 is 36.3. The van der Waals surface area contributed by atoms with Crippen LogP contribution in [-0.4, -0.2) is 59.8 Å². The minimum absolute atomic E-state index is 0.00357. The fourth-order valence-corrected chi connectivity index (χ4v) is 5.95. The highest BCUT2D eigenvalue weighted by atomic mass is 28.3. The molecule has 2 amide bonds. The summed E-state index contributed by atoms with van der Waals surface area (Å²) in [6, 6.07) is 13.5. The van der Waals surface area contributed by atoms with Gasteiger partial charge in [0.05, 0.1) is 12.6 Å². The Morgan fingerprint density at radius 2 is 1.71 bits per heavy atom. The number of ether oxygens (including phenoxy) is 1. The summed E-state index contributed by atoms with van der Waals surface area (Å²) >= 11 is 0. The van der Waals surface area contributed by atoms with Gasteiger partial charge in [0.25, 0.3) is 0 Å². The molecule has 244 valence electrons. The smallest absolute Gasteiger partial charge is 0.407 e. The van der Waals surface area contributed by atoms with Crippen LogP contribution >= 0.6 is 0 Å². The van der Waals surface area contributed by atoms with E-state index in [1.54, 1.807) is 17.2 Å². The van der Waals surface area contributed by atoms with Crippen LogP contribution in [0.3, 0.4) is 0 Å². The van der Waals surface area contributed by atoms with Gasteiger partial charge in [-0.2, -0.15) is 0 Å². The Morgan fingerprint density at radius 1 is 1.04 bits per heavy atom. The number of nitrogens with zero attached hydrogens (tertiary/aromatic N) is 2. The topological polar surface area (TPSA) is 101 Å². The van der Waals surface area contributed by atoms with Crippen molar-refractivity contribution in [2.75, 3.05) is 13.2 Å². The van der Waals surface area contributed by atoms with Crippen molar-refractivity contribution in [2.24, 2.45) is 5.41 Å². The Hall–Kier alpha value is -3.99. The number of amides is 2. The highest BCUT2D eigenvalue weighted by molar-refractivity contribution is 6.76. The monoisotopic (exact) mass is 641 g/mol. The average Bonchev–Trinajstić information content (AvgIpc) is 3.32. The molecule has 1 aromatic heterocycles. The fraction of sp³-hybridized carbons (Fsp3) is 0.441. The lowest BCUT2D eigenvalue weighted by Gasteiger charge is -2.41. The SMILES string of the molecule is CC(=O)N(CC[C@H](NC(=O)OCC[Si](C)(C)C)C(=O)O)[C@@H](c1cc(-c2cc(F)ccc2F)cn1Cc1ccccc1)C(C)(C)C. The van der Waals surface area contributed by atoms with E-state index < -0.39 is 49.3 Å². The van der Waals surface area contributed by atoms with Gasteiger partial charge in [-0.25, -0.2) is 18.4 Å². The Labute approximate surface area is 265 Å². The second-order valence-corrected chi connectivity index (χ2v) is 19.3. The molecule has 2 N–H and O–H groups in total. The van der Waals surface area contributed by atoms with E-state index in [2.05, 4.69) is 25.0 Å². The summed E-state index contributed by atoms with van der Waals surface area (Å²) in [5.74, 6) is -2.71. The molecular weight excluding hydrogens is 596 g/mol. The molecule has 45 heavy (non-hydrogen) atoms. The minimum atomic E-state index is -1.45. The van der Waals surface area contributed by atoms with Crippen molar-refractivity contribution in [3.05, 3.63) is 83.7 Å². The molecule has 0 bridgehead atoms. The van der Waals surface area contributed by atoms with Gasteiger partial charge in [-0.05, 0) is 47.7 Å². The molecular formula is C34H45F2N3O5Si. The summed E-state index contributed by atoms with van der Waals surface area (Å²) in [7, 11) is -1.45. The number of carbonyl (C=O) groups excluding carboxylic acids is 2. The Balaban J connectivity index is 1.98. The van der Waals surface area contributed by atoms with Crippen molar-refractivity contribution >= 4 is 26.0 Å². The van der Waals surface area contributed by atoms with Crippen LogP contribution in [0.25, 0.3) is 11.1 Å². The molecule has 11 heteroatoms.